The molecular weight excluding hydrogens is 274 g/mol. The van der Waals surface area contributed by atoms with E-state index in [4.69, 9.17) is 0 Å². The second-order valence-electron chi connectivity index (χ2n) is 6.56. The molecule has 22 heavy (non-hydrogen) atoms. The molecule has 0 spiro atoms. The van der Waals surface area contributed by atoms with E-state index >= 15 is 0 Å². The highest BCUT2D eigenvalue weighted by molar-refractivity contribution is 5.81. The van der Waals surface area contributed by atoms with Gasteiger partial charge in [-0.05, 0) is 43.6 Å². The monoisotopic (exact) mass is 297 g/mol. The first-order chi connectivity index (χ1) is 10.8. The maximum Gasteiger partial charge on any atom is 0.0834 e. The van der Waals surface area contributed by atoms with Gasteiger partial charge in [-0.25, -0.2) is 0 Å². The lowest BCUT2D eigenvalue weighted by molar-refractivity contribution is 0.0978. The van der Waals surface area contributed by atoms with Crippen molar-refractivity contribution < 1.29 is 5.11 Å². The second kappa shape index (κ2) is 5.95. The number of benzene rings is 1. The normalized spacial score (nSPS) is 27.0. The van der Waals surface area contributed by atoms with Gasteiger partial charge in [-0.15, -0.1) is 0 Å². The quantitative estimate of drug-likeness (QED) is 0.939. The van der Waals surface area contributed by atoms with Gasteiger partial charge < -0.3 is 5.11 Å². The zero-order valence-corrected chi connectivity index (χ0v) is 12.9. The Morgan fingerprint density at radius 3 is 2.77 bits per heavy atom. The molecule has 2 aromatic rings. The topological polar surface area (TPSA) is 39.6 Å². The molecule has 4 heteroatoms. The van der Waals surface area contributed by atoms with Gasteiger partial charge in [0.2, 0.25) is 0 Å². The molecule has 0 amide bonds. The van der Waals surface area contributed by atoms with E-state index < -0.39 is 0 Å². The molecule has 4 nitrogen and oxygen atoms in total. The Bertz CT molecular complexity index is 648. The third-order valence-corrected chi connectivity index (χ3v) is 5.08. The Balaban J connectivity index is 1.51. The standard InChI is InChI=1S/C18H23N3O/c22-18-13-20(12-17(18)21-9-3-4-10-21)11-14-7-8-19-16-6-2-1-5-15(14)16/h1-2,5-8,17-18,22H,3-4,9-13H2/t17-,18-/m1/s1. The van der Waals surface area contributed by atoms with Crippen LogP contribution in [0.3, 0.4) is 0 Å². The highest BCUT2D eigenvalue weighted by Gasteiger charge is 2.36. The minimum Gasteiger partial charge on any atom is -0.390 e. The number of para-hydroxylation sites is 1. The Morgan fingerprint density at radius 2 is 1.91 bits per heavy atom. The van der Waals surface area contributed by atoms with E-state index in [1.165, 1.54) is 23.8 Å². The number of aliphatic hydroxyl groups is 1. The van der Waals surface area contributed by atoms with Gasteiger partial charge in [0, 0.05) is 37.3 Å². The average Bonchev–Trinajstić information content (AvgIpc) is 3.17. The molecule has 1 aromatic carbocycles. The van der Waals surface area contributed by atoms with Crippen LogP contribution in [0, 0.1) is 0 Å². The second-order valence-corrected chi connectivity index (χ2v) is 6.56. The van der Waals surface area contributed by atoms with Gasteiger partial charge in [0.1, 0.15) is 0 Å². The number of hydrogen-bond donors (Lipinski definition) is 1. The largest absolute Gasteiger partial charge is 0.390 e. The van der Waals surface area contributed by atoms with Gasteiger partial charge in [-0.2, -0.15) is 0 Å². The number of pyridine rings is 1. The summed E-state index contributed by atoms with van der Waals surface area (Å²) in [6.07, 6.45) is 4.23. The van der Waals surface area contributed by atoms with Crippen LogP contribution < -0.4 is 0 Å². The molecule has 0 unspecified atom stereocenters. The molecule has 2 saturated heterocycles. The van der Waals surface area contributed by atoms with Gasteiger partial charge in [0.05, 0.1) is 11.6 Å². The lowest BCUT2D eigenvalue weighted by Gasteiger charge is -2.25. The van der Waals surface area contributed by atoms with Crippen LogP contribution >= 0.6 is 0 Å². The summed E-state index contributed by atoms with van der Waals surface area (Å²) in [5.41, 5.74) is 2.36. The molecular formula is C18H23N3O. The van der Waals surface area contributed by atoms with Crippen molar-refractivity contribution in [2.45, 2.75) is 31.5 Å². The number of aromatic nitrogens is 1. The summed E-state index contributed by atoms with van der Waals surface area (Å²) < 4.78 is 0. The fraction of sp³-hybridized carbons (Fsp3) is 0.500. The molecule has 0 radical (unpaired) electrons. The van der Waals surface area contributed by atoms with E-state index in [0.29, 0.717) is 6.04 Å². The number of likely N-dealkylation sites (tertiary alicyclic amines) is 2. The summed E-state index contributed by atoms with van der Waals surface area (Å²) in [5, 5.41) is 11.6. The molecule has 1 aromatic heterocycles. The van der Waals surface area contributed by atoms with E-state index in [9.17, 15) is 5.11 Å². The van der Waals surface area contributed by atoms with Gasteiger partial charge in [-0.1, -0.05) is 18.2 Å². The van der Waals surface area contributed by atoms with Crippen LogP contribution in [0.5, 0.6) is 0 Å². The summed E-state index contributed by atoms with van der Waals surface area (Å²) in [6, 6.07) is 10.7. The average molecular weight is 297 g/mol. The van der Waals surface area contributed by atoms with Gasteiger partial charge >= 0.3 is 0 Å². The van der Waals surface area contributed by atoms with Crippen LogP contribution in [0.15, 0.2) is 36.5 Å². The lowest BCUT2D eigenvalue weighted by atomic mass is 10.1. The number of β-amino-alcohol motifs (C(OH)–C–C–N with tert-alkyl or cyclic N) is 1. The van der Waals surface area contributed by atoms with Crippen LogP contribution in [0.2, 0.25) is 0 Å². The molecule has 2 fully saturated rings. The van der Waals surface area contributed by atoms with Crippen LogP contribution in [-0.2, 0) is 6.54 Å². The summed E-state index contributed by atoms with van der Waals surface area (Å²) in [5.74, 6) is 0. The van der Waals surface area contributed by atoms with Crippen LogP contribution in [0.4, 0.5) is 0 Å². The minimum absolute atomic E-state index is 0.216. The van der Waals surface area contributed by atoms with Gasteiger partial charge in [-0.3, -0.25) is 14.8 Å². The predicted molar refractivity (Wildman–Crippen MR) is 87.6 cm³/mol. The SMILES string of the molecule is O[C@@H]1CN(Cc2ccnc3ccccc23)C[C@H]1N1CCCC1. The van der Waals surface area contributed by atoms with Crippen molar-refractivity contribution in [2.24, 2.45) is 0 Å². The van der Waals surface area contributed by atoms with Crippen LogP contribution in [0.1, 0.15) is 18.4 Å². The Labute approximate surface area is 131 Å². The molecule has 1 N–H and O–H groups in total. The van der Waals surface area contributed by atoms with Crippen molar-refractivity contribution >= 4 is 10.9 Å². The third kappa shape index (κ3) is 2.62. The Morgan fingerprint density at radius 1 is 1.09 bits per heavy atom. The zero-order valence-electron chi connectivity index (χ0n) is 12.9. The van der Waals surface area contributed by atoms with Crippen molar-refractivity contribution in [3.05, 3.63) is 42.1 Å². The first-order valence-electron chi connectivity index (χ1n) is 8.28. The van der Waals surface area contributed by atoms with Gasteiger partial charge in [0.15, 0.2) is 0 Å². The third-order valence-electron chi connectivity index (χ3n) is 5.08. The highest BCUT2D eigenvalue weighted by Crippen LogP contribution is 2.24. The number of aliphatic hydroxyl groups excluding tert-OH is 1. The van der Waals surface area contributed by atoms with E-state index in [2.05, 4.69) is 39.0 Å². The molecule has 2 atom stereocenters. The maximum absolute atomic E-state index is 10.4. The fourth-order valence-corrected chi connectivity index (χ4v) is 3.94. The smallest absolute Gasteiger partial charge is 0.0834 e. The summed E-state index contributed by atoms with van der Waals surface area (Å²) in [7, 11) is 0. The molecule has 3 heterocycles. The molecule has 116 valence electrons. The molecule has 0 bridgehead atoms. The van der Waals surface area contributed by atoms with E-state index in [1.54, 1.807) is 0 Å². The predicted octanol–water partition coefficient (Wildman–Crippen LogP) is 1.88. The summed E-state index contributed by atoms with van der Waals surface area (Å²) in [6.45, 7) is 4.93. The van der Waals surface area contributed by atoms with E-state index in [1.807, 2.05) is 12.3 Å². The lowest BCUT2D eigenvalue weighted by Crippen LogP contribution is -2.41. The summed E-state index contributed by atoms with van der Waals surface area (Å²) >= 11 is 0. The van der Waals surface area contributed by atoms with E-state index in [0.717, 1.165) is 38.2 Å². The molecule has 2 aliphatic rings. The van der Waals surface area contributed by atoms with Crippen molar-refractivity contribution in [3.8, 4) is 0 Å². The Kier molecular flexibility index (Phi) is 3.82. The number of nitrogens with zero attached hydrogens (tertiary/aromatic N) is 3. The van der Waals surface area contributed by atoms with E-state index in [-0.39, 0.29) is 6.10 Å². The molecule has 0 saturated carbocycles. The highest BCUT2D eigenvalue weighted by atomic mass is 16.3. The maximum atomic E-state index is 10.4. The zero-order chi connectivity index (χ0) is 14.9. The molecule has 2 aliphatic heterocycles. The summed E-state index contributed by atoms with van der Waals surface area (Å²) in [4.78, 5) is 9.29. The number of fused-ring (bicyclic) bond motifs is 1. The first kappa shape index (κ1) is 14.1. The molecule has 4 rings (SSSR count). The van der Waals surface area contributed by atoms with Gasteiger partial charge in [0.25, 0.3) is 0 Å². The van der Waals surface area contributed by atoms with Crippen molar-refractivity contribution in [1.29, 1.82) is 0 Å². The van der Waals surface area contributed by atoms with Crippen LogP contribution in [0.25, 0.3) is 10.9 Å². The first-order valence-corrected chi connectivity index (χ1v) is 8.28. The van der Waals surface area contributed by atoms with Crippen molar-refractivity contribution in [3.63, 3.8) is 0 Å². The fourth-order valence-electron chi connectivity index (χ4n) is 3.94. The number of rotatable bonds is 3. The number of hydrogen-bond acceptors (Lipinski definition) is 4. The Hall–Kier alpha value is -1.49. The van der Waals surface area contributed by atoms with Crippen molar-refractivity contribution in [2.75, 3.05) is 26.2 Å². The molecule has 0 aliphatic carbocycles. The van der Waals surface area contributed by atoms with Crippen LogP contribution in [-0.4, -0.2) is 58.2 Å². The van der Waals surface area contributed by atoms with Crippen molar-refractivity contribution in [1.82, 2.24) is 14.8 Å². The minimum atomic E-state index is -0.216.